The number of allylic oxidation sites excluding steroid dienone is 8. The summed E-state index contributed by atoms with van der Waals surface area (Å²) < 4.78 is 0. The van der Waals surface area contributed by atoms with Crippen LogP contribution in [0.5, 0.6) is 0 Å². The van der Waals surface area contributed by atoms with Gasteiger partial charge in [0, 0.05) is 29.6 Å². The van der Waals surface area contributed by atoms with Crippen LogP contribution in [0.2, 0.25) is 0 Å². The third-order valence-corrected chi connectivity index (χ3v) is 5.56. The number of rotatable bonds is 5. The molecule has 136 valence electrons. The van der Waals surface area contributed by atoms with E-state index in [1.807, 2.05) is 0 Å². The first-order chi connectivity index (χ1) is 11.8. The monoisotopic (exact) mass is 472 g/mol. The molecule has 0 spiro atoms. The molecule has 0 aromatic rings. The number of hydrogen-bond donors (Lipinski definition) is 0. The minimum atomic E-state index is 0. The van der Waals surface area contributed by atoms with E-state index in [9.17, 15) is 0 Å². The Hall–Kier alpha value is 0.423. The second-order valence-electron chi connectivity index (χ2n) is 7.08. The molecule has 0 aromatic carbocycles. The zero-order valence-corrected chi connectivity index (χ0v) is 19.8. The van der Waals surface area contributed by atoms with E-state index in [2.05, 4.69) is 88.1 Å². The smallest absolute Gasteiger partial charge is 1.00 e. The Morgan fingerprint density at radius 2 is 1.19 bits per heavy atom. The van der Waals surface area contributed by atoms with Gasteiger partial charge in [-0.2, -0.15) is 0 Å². The van der Waals surface area contributed by atoms with Crippen LogP contribution < -0.4 is 24.8 Å². The van der Waals surface area contributed by atoms with E-state index in [0.717, 1.165) is 0 Å². The summed E-state index contributed by atoms with van der Waals surface area (Å²) in [7, 11) is 0. The molecule has 1 unspecified atom stereocenters. The zero-order valence-electron chi connectivity index (χ0n) is 15.8. The molecule has 0 aliphatic heterocycles. The van der Waals surface area contributed by atoms with Crippen molar-refractivity contribution in [1.29, 1.82) is 0 Å². The first-order valence-electron chi connectivity index (χ1n) is 9.04. The summed E-state index contributed by atoms with van der Waals surface area (Å²) in [5.74, 6) is 8.55. The summed E-state index contributed by atoms with van der Waals surface area (Å²) in [6.07, 6.45) is 30.4. The molecule has 4 aliphatic rings. The Bertz CT molecular complexity index is 539. The zero-order chi connectivity index (χ0) is 16.6. The molecule has 2 saturated carbocycles. The second kappa shape index (κ2) is 11.0. The van der Waals surface area contributed by atoms with Gasteiger partial charge in [0.25, 0.3) is 0 Å². The standard InChI is InChI=1S/C24H24.2ClH.Zr/c1-3-4-17-24(2,18-11-5-6-12-18)23-21-15-9-7-13-19(21)20-14-8-10-16-22(20)23;;;/h5-16H,3-4,17H2,1-2H3;2*1H;/q;;;+4/p-2. The van der Waals surface area contributed by atoms with Gasteiger partial charge < -0.3 is 24.8 Å². The van der Waals surface area contributed by atoms with Gasteiger partial charge in [-0.3, -0.25) is 0 Å². The van der Waals surface area contributed by atoms with Gasteiger partial charge in [-0.25, -0.2) is 0 Å². The molecule has 0 bridgehead atoms. The molecule has 4 aliphatic carbocycles. The Morgan fingerprint density at radius 3 is 1.63 bits per heavy atom. The van der Waals surface area contributed by atoms with Crippen molar-refractivity contribution < 1.29 is 51.0 Å². The maximum absolute atomic E-state index is 2.44. The van der Waals surface area contributed by atoms with E-state index < -0.39 is 0 Å². The summed E-state index contributed by atoms with van der Waals surface area (Å²) in [6.45, 7) is 4.72. The van der Waals surface area contributed by atoms with Crippen molar-refractivity contribution in [3.63, 3.8) is 0 Å². The van der Waals surface area contributed by atoms with Gasteiger partial charge >= 0.3 is 26.2 Å². The van der Waals surface area contributed by atoms with Crippen molar-refractivity contribution >= 4 is 0 Å². The fourth-order valence-electron chi connectivity index (χ4n) is 4.30. The van der Waals surface area contributed by atoms with Crippen LogP contribution in [0, 0.1) is 66.6 Å². The molecule has 0 amide bonds. The fraction of sp³-hybridized carbons (Fsp3) is 0.250. The summed E-state index contributed by atoms with van der Waals surface area (Å²) in [5.41, 5.74) is 0.0578. The van der Waals surface area contributed by atoms with Crippen LogP contribution in [0.3, 0.4) is 0 Å². The van der Waals surface area contributed by atoms with Crippen LogP contribution in [0.15, 0.2) is 48.6 Å². The van der Waals surface area contributed by atoms with Crippen molar-refractivity contribution in [3.8, 4) is 0 Å². The average Bonchev–Trinajstić information content (AvgIpc) is 3.26. The van der Waals surface area contributed by atoms with Gasteiger partial charge in [0.2, 0.25) is 0 Å². The van der Waals surface area contributed by atoms with Gasteiger partial charge in [-0.15, -0.1) is 0 Å². The molecule has 2 fully saturated rings. The molecular weight excluding hydrogens is 450 g/mol. The topological polar surface area (TPSA) is 0 Å². The largest absolute Gasteiger partial charge is 4.00 e. The fourth-order valence-corrected chi connectivity index (χ4v) is 4.30. The number of halogens is 2. The molecule has 0 heterocycles. The first-order valence-corrected chi connectivity index (χ1v) is 9.04. The molecule has 4 rings (SSSR count). The molecule has 10 radical (unpaired) electrons. The van der Waals surface area contributed by atoms with Crippen LogP contribution in [-0.4, -0.2) is 0 Å². The molecule has 1 atom stereocenters. The second-order valence-corrected chi connectivity index (χ2v) is 7.08. The molecule has 0 saturated heterocycles. The van der Waals surface area contributed by atoms with Gasteiger partial charge in [0.1, 0.15) is 0 Å². The molecule has 0 N–H and O–H groups in total. The van der Waals surface area contributed by atoms with Crippen molar-refractivity contribution in [2.75, 3.05) is 0 Å². The van der Waals surface area contributed by atoms with Crippen LogP contribution in [-0.2, 0) is 26.2 Å². The summed E-state index contributed by atoms with van der Waals surface area (Å²) in [6, 6.07) is 0. The predicted octanol–water partition coefficient (Wildman–Crippen LogP) is -0.268. The first kappa shape index (κ1) is 25.5. The van der Waals surface area contributed by atoms with Gasteiger partial charge in [0.05, 0.1) is 0 Å². The van der Waals surface area contributed by atoms with E-state index in [4.69, 9.17) is 0 Å². The SMILES string of the molecule is CCCCC(C)([C]1[CH][CH][CH][CH]1)[C]1[C]2C=CC=C[C]2[C]2C=CC=C[C]21.[Cl-].[Cl-].[Zr+4]. The van der Waals surface area contributed by atoms with Crippen molar-refractivity contribution in [3.05, 3.63) is 110 Å². The van der Waals surface area contributed by atoms with Gasteiger partial charge in [0.15, 0.2) is 0 Å². The minimum Gasteiger partial charge on any atom is -1.00 e. The van der Waals surface area contributed by atoms with Crippen LogP contribution in [0.1, 0.15) is 33.1 Å². The third-order valence-electron chi connectivity index (χ3n) is 5.56. The van der Waals surface area contributed by atoms with E-state index in [0.29, 0.717) is 0 Å². The van der Waals surface area contributed by atoms with Crippen molar-refractivity contribution in [2.24, 2.45) is 5.41 Å². The van der Waals surface area contributed by atoms with Crippen molar-refractivity contribution in [2.45, 2.75) is 33.1 Å². The van der Waals surface area contributed by atoms with Gasteiger partial charge in [-0.1, -0.05) is 75.3 Å². The Labute approximate surface area is 198 Å². The Balaban J connectivity index is 0.00000121. The Morgan fingerprint density at radius 1 is 0.741 bits per heavy atom. The Kier molecular flexibility index (Phi) is 10.4. The maximum atomic E-state index is 2.44. The molecule has 3 heteroatoms. The molecule has 0 nitrogen and oxygen atoms in total. The van der Waals surface area contributed by atoms with Crippen LogP contribution in [0.4, 0.5) is 0 Å². The summed E-state index contributed by atoms with van der Waals surface area (Å²) in [5, 5.41) is 0. The van der Waals surface area contributed by atoms with Gasteiger partial charge in [-0.05, 0) is 43.4 Å². The van der Waals surface area contributed by atoms with E-state index in [1.165, 1.54) is 54.8 Å². The van der Waals surface area contributed by atoms with Crippen LogP contribution in [0.25, 0.3) is 0 Å². The number of fused-ring (bicyclic) bond motifs is 3. The normalized spacial score (nSPS) is 25.4. The van der Waals surface area contributed by atoms with Crippen LogP contribution >= 0.6 is 0 Å². The quantitative estimate of drug-likeness (QED) is 0.515. The van der Waals surface area contributed by atoms with E-state index >= 15 is 0 Å². The van der Waals surface area contributed by atoms with Crippen molar-refractivity contribution in [1.82, 2.24) is 0 Å². The van der Waals surface area contributed by atoms with E-state index in [1.54, 1.807) is 0 Å². The average molecular weight is 475 g/mol. The van der Waals surface area contributed by atoms with E-state index in [-0.39, 0.29) is 56.4 Å². The predicted molar refractivity (Wildman–Crippen MR) is 101 cm³/mol. The molecule has 27 heavy (non-hydrogen) atoms. The summed E-state index contributed by atoms with van der Waals surface area (Å²) >= 11 is 0. The minimum absolute atomic E-state index is 0. The number of unbranched alkanes of at least 4 members (excludes halogenated alkanes) is 1. The number of hydrogen-bond acceptors (Lipinski definition) is 0. The third kappa shape index (κ3) is 4.62. The maximum Gasteiger partial charge on any atom is 4.00 e. The molecular formula is C24H24Cl2Zr+2. The summed E-state index contributed by atoms with van der Waals surface area (Å²) in [4.78, 5) is 0. The molecule has 0 aromatic heterocycles.